The zero-order valence-electron chi connectivity index (χ0n) is 6.63. The second-order valence-corrected chi connectivity index (χ2v) is 4.63. The Morgan fingerprint density at radius 3 is 2.64 bits per heavy atom. The van der Waals surface area contributed by atoms with Crippen LogP contribution in [-0.4, -0.2) is 22.2 Å². The van der Waals surface area contributed by atoms with Crippen LogP contribution in [0.2, 0.25) is 0 Å². The summed E-state index contributed by atoms with van der Waals surface area (Å²) in [6, 6.07) is 0. The van der Waals surface area contributed by atoms with Gasteiger partial charge in [-0.25, -0.2) is 4.39 Å². The Morgan fingerprint density at radius 2 is 2.18 bits per heavy atom. The van der Waals surface area contributed by atoms with Gasteiger partial charge in [-0.2, -0.15) is 0 Å². The van der Waals surface area contributed by atoms with Gasteiger partial charge < -0.3 is 5.11 Å². The minimum Gasteiger partial charge on any atom is -0.393 e. The van der Waals surface area contributed by atoms with E-state index in [0.29, 0.717) is 11.2 Å². The highest BCUT2D eigenvalue weighted by atomic mass is 79.9. The first-order valence-electron chi connectivity index (χ1n) is 4.07. The van der Waals surface area contributed by atoms with Gasteiger partial charge in [0.25, 0.3) is 0 Å². The molecular formula is C8H14BrFO. The minimum atomic E-state index is -0.802. The van der Waals surface area contributed by atoms with Crippen molar-refractivity contribution in [3.8, 4) is 0 Å². The molecule has 1 aliphatic rings. The molecular weight excluding hydrogens is 211 g/mol. The number of rotatable bonds is 1. The van der Waals surface area contributed by atoms with E-state index in [2.05, 4.69) is 15.9 Å². The monoisotopic (exact) mass is 224 g/mol. The summed E-state index contributed by atoms with van der Waals surface area (Å²) in [5, 5.41) is 9.20. The number of alkyl halides is 2. The quantitative estimate of drug-likeness (QED) is 0.678. The molecule has 0 bridgehead atoms. The first kappa shape index (κ1) is 9.46. The summed E-state index contributed by atoms with van der Waals surface area (Å²) in [7, 11) is 0. The standard InChI is InChI=1S/C8H14BrFO/c1-5(11)7-4-6(9)2-3-8(7)10/h5-8,11H,2-4H2,1H3. The van der Waals surface area contributed by atoms with Crippen molar-refractivity contribution in [3.63, 3.8) is 0 Å². The van der Waals surface area contributed by atoms with Crippen molar-refractivity contribution >= 4 is 15.9 Å². The fourth-order valence-corrected chi connectivity index (χ4v) is 2.31. The summed E-state index contributed by atoms with van der Waals surface area (Å²) in [6.45, 7) is 1.67. The fraction of sp³-hybridized carbons (Fsp3) is 1.00. The third-order valence-corrected chi connectivity index (χ3v) is 3.20. The molecule has 0 saturated heterocycles. The summed E-state index contributed by atoms with van der Waals surface area (Å²) in [6.07, 6.45) is 0.934. The van der Waals surface area contributed by atoms with Crippen molar-refractivity contribution < 1.29 is 9.50 Å². The molecule has 0 aliphatic heterocycles. The van der Waals surface area contributed by atoms with E-state index in [9.17, 15) is 9.50 Å². The lowest BCUT2D eigenvalue weighted by Gasteiger charge is -2.30. The molecule has 0 aromatic rings. The van der Waals surface area contributed by atoms with Crippen molar-refractivity contribution in [2.75, 3.05) is 0 Å². The number of hydrogen-bond donors (Lipinski definition) is 1. The molecule has 0 radical (unpaired) electrons. The number of aliphatic hydroxyl groups is 1. The van der Waals surface area contributed by atoms with Gasteiger partial charge in [0, 0.05) is 10.7 Å². The second-order valence-electron chi connectivity index (χ2n) is 3.33. The highest BCUT2D eigenvalue weighted by Gasteiger charge is 2.32. The molecule has 4 unspecified atom stereocenters. The normalized spacial score (nSPS) is 42.0. The molecule has 0 heterocycles. The van der Waals surface area contributed by atoms with E-state index in [1.54, 1.807) is 6.92 Å². The van der Waals surface area contributed by atoms with Crippen LogP contribution < -0.4 is 0 Å². The minimum absolute atomic E-state index is 0.159. The smallest absolute Gasteiger partial charge is 0.105 e. The molecule has 11 heavy (non-hydrogen) atoms. The predicted molar refractivity (Wildman–Crippen MR) is 46.6 cm³/mol. The summed E-state index contributed by atoms with van der Waals surface area (Å²) in [5.41, 5.74) is 0. The van der Waals surface area contributed by atoms with Crippen molar-refractivity contribution in [2.45, 2.75) is 43.3 Å². The van der Waals surface area contributed by atoms with Crippen LogP contribution in [0.4, 0.5) is 4.39 Å². The predicted octanol–water partition coefficient (Wildman–Crippen LogP) is 2.27. The molecule has 1 nitrogen and oxygen atoms in total. The highest BCUT2D eigenvalue weighted by molar-refractivity contribution is 9.09. The average Bonchev–Trinajstić information content (AvgIpc) is 1.94. The van der Waals surface area contributed by atoms with Crippen LogP contribution in [0.25, 0.3) is 0 Å². The van der Waals surface area contributed by atoms with Crippen LogP contribution >= 0.6 is 15.9 Å². The van der Waals surface area contributed by atoms with Gasteiger partial charge >= 0.3 is 0 Å². The SMILES string of the molecule is CC(O)C1CC(Br)CCC1F. The topological polar surface area (TPSA) is 20.2 Å². The molecule has 66 valence electrons. The third kappa shape index (κ3) is 2.41. The fourth-order valence-electron chi connectivity index (χ4n) is 1.61. The van der Waals surface area contributed by atoms with Crippen LogP contribution in [0.5, 0.6) is 0 Å². The third-order valence-electron chi connectivity index (χ3n) is 2.37. The summed E-state index contributed by atoms with van der Waals surface area (Å²) < 4.78 is 13.1. The summed E-state index contributed by atoms with van der Waals surface area (Å²) in [5.74, 6) is -0.159. The molecule has 0 aromatic heterocycles. The highest BCUT2D eigenvalue weighted by Crippen LogP contribution is 2.33. The Kier molecular flexibility index (Phi) is 3.31. The molecule has 1 fully saturated rings. The maximum absolute atomic E-state index is 13.1. The van der Waals surface area contributed by atoms with Crippen LogP contribution in [0.15, 0.2) is 0 Å². The summed E-state index contributed by atoms with van der Waals surface area (Å²) in [4.78, 5) is 0.397. The zero-order chi connectivity index (χ0) is 8.43. The van der Waals surface area contributed by atoms with E-state index < -0.39 is 12.3 Å². The maximum Gasteiger partial charge on any atom is 0.105 e. The average molecular weight is 225 g/mol. The van der Waals surface area contributed by atoms with Crippen molar-refractivity contribution in [3.05, 3.63) is 0 Å². The maximum atomic E-state index is 13.1. The van der Waals surface area contributed by atoms with Crippen molar-refractivity contribution in [1.82, 2.24) is 0 Å². The van der Waals surface area contributed by atoms with E-state index in [1.165, 1.54) is 0 Å². The zero-order valence-corrected chi connectivity index (χ0v) is 8.22. The number of aliphatic hydroxyl groups excluding tert-OH is 1. The molecule has 1 rings (SSSR count). The molecule has 4 atom stereocenters. The van der Waals surface area contributed by atoms with E-state index in [0.717, 1.165) is 12.8 Å². The van der Waals surface area contributed by atoms with Gasteiger partial charge in [-0.05, 0) is 26.2 Å². The Morgan fingerprint density at radius 1 is 1.55 bits per heavy atom. The van der Waals surface area contributed by atoms with Crippen LogP contribution in [0.3, 0.4) is 0 Å². The van der Waals surface area contributed by atoms with E-state index in [4.69, 9.17) is 0 Å². The lowest BCUT2D eigenvalue weighted by molar-refractivity contribution is 0.0442. The lowest BCUT2D eigenvalue weighted by atomic mass is 9.84. The van der Waals surface area contributed by atoms with Gasteiger partial charge in [0.2, 0.25) is 0 Å². The molecule has 1 saturated carbocycles. The Bertz CT molecular complexity index is 129. The van der Waals surface area contributed by atoms with Gasteiger partial charge in [-0.3, -0.25) is 0 Å². The lowest BCUT2D eigenvalue weighted by Crippen LogP contribution is -2.33. The van der Waals surface area contributed by atoms with Gasteiger partial charge in [0.1, 0.15) is 6.17 Å². The van der Waals surface area contributed by atoms with E-state index in [1.807, 2.05) is 0 Å². The van der Waals surface area contributed by atoms with Crippen molar-refractivity contribution in [1.29, 1.82) is 0 Å². The molecule has 0 amide bonds. The van der Waals surface area contributed by atoms with E-state index in [-0.39, 0.29) is 5.92 Å². The molecule has 1 aliphatic carbocycles. The molecule has 0 spiro atoms. The molecule has 1 N–H and O–H groups in total. The molecule has 0 aromatic carbocycles. The first-order chi connectivity index (χ1) is 5.11. The first-order valence-corrected chi connectivity index (χ1v) is 4.99. The van der Waals surface area contributed by atoms with Gasteiger partial charge in [0.05, 0.1) is 6.10 Å². The van der Waals surface area contributed by atoms with Gasteiger partial charge in [-0.1, -0.05) is 15.9 Å². The Hall–Kier alpha value is 0.370. The Balaban J connectivity index is 2.47. The molecule has 3 heteroatoms. The van der Waals surface area contributed by atoms with Crippen LogP contribution in [0.1, 0.15) is 26.2 Å². The van der Waals surface area contributed by atoms with E-state index >= 15 is 0 Å². The Labute approximate surface area is 75.1 Å². The second kappa shape index (κ2) is 3.85. The summed E-state index contributed by atoms with van der Waals surface area (Å²) >= 11 is 3.45. The van der Waals surface area contributed by atoms with Crippen LogP contribution in [-0.2, 0) is 0 Å². The number of hydrogen-bond acceptors (Lipinski definition) is 1. The van der Waals surface area contributed by atoms with Gasteiger partial charge in [0.15, 0.2) is 0 Å². The van der Waals surface area contributed by atoms with Crippen LogP contribution in [0, 0.1) is 5.92 Å². The van der Waals surface area contributed by atoms with Crippen molar-refractivity contribution in [2.24, 2.45) is 5.92 Å². The van der Waals surface area contributed by atoms with Gasteiger partial charge in [-0.15, -0.1) is 0 Å². The largest absolute Gasteiger partial charge is 0.393 e. The number of halogens is 2.